The van der Waals surface area contributed by atoms with Gasteiger partial charge in [-0.05, 0) is 38.5 Å². The minimum atomic E-state index is -1.18. The van der Waals surface area contributed by atoms with Crippen LogP contribution < -0.4 is 11.1 Å². The summed E-state index contributed by atoms with van der Waals surface area (Å²) in [5, 5.41) is 11.6. The third-order valence-electron chi connectivity index (χ3n) is 2.91. The third-order valence-corrected chi connectivity index (χ3v) is 2.91. The smallest absolute Gasteiger partial charge is 0.417 e. The first kappa shape index (κ1) is 16.6. The molecular formula is C15H18N2O6. The van der Waals surface area contributed by atoms with E-state index in [1.165, 1.54) is 0 Å². The standard InChI is InChI=1S/C15H18N2O6/c1-15(2,3)23-14(21)17-10(12(18)19)7-8-4-5-11-9(6-8)16-13(20)22-11/h4-6,10H,7H2,1-3H3,(H,16,20)(H,17,21)(H,18,19). The molecule has 1 atom stereocenters. The number of hydrogen-bond acceptors (Lipinski definition) is 5. The lowest BCUT2D eigenvalue weighted by atomic mass is 10.1. The molecule has 1 unspecified atom stereocenters. The Morgan fingerprint density at radius 3 is 2.70 bits per heavy atom. The summed E-state index contributed by atoms with van der Waals surface area (Å²) in [5.41, 5.74) is 0.750. The van der Waals surface area contributed by atoms with Gasteiger partial charge in [0.15, 0.2) is 5.58 Å². The number of benzene rings is 1. The van der Waals surface area contributed by atoms with E-state index < -0.39 is 29.5 Å². The number of aromatic amines is 1. The van der Waals surface area contributed by atoms with Crippen LogP contribution in [-0.2, 0) is 16.0 Å². The van der Waals surface area contributed by atoms with Gasteiger partial charge in [0.2, 0.25) is 0 Å². The van der Waals surface area contributed by atoms with Gasteiger partial charge in [-0.15, -0.1) is 0 Å². The SMILES string of the molecule is CC(C)(C)OC(=O)NC(Cc1ccc2oc(=O)[nH]c2c1)C(=O)O. The number of oxazole rings is 1. The molecule has 1 aromatic heterocycles. The van der Waals surface area contributed by atoms with Gasteiger partial charge in [-0.3, -0.25) is 4.98 Å². The molecule has 1 aromatic carbocycles. The van der Waals surface area contributed by atoms with Crippen molar-refractivity contribution in [2.45, 2.75) is 38.8 Å². The summed E-state index contributed by atoms with van der Waals surface area (Å²) in [7, 11) is 0. The zero-order chi connectivity index (χ0) is 17.2. The molecule has 3 N–H and O–H groups in total. The molecule has 1 heterocycles. The summed E-state index contributed by atoms with van der Waals surface area (Å²) in [6.45, 7) is 5.06. The molecular weight excluding hydrogens is 304 g/mol. The number of carboxylic acid groups (broad SMARTS) is 1. The van der Waals surface area contributed by atoms with Crippen LogP contribution in [-0.4, -0.2) is 33.8 Å². The zero-order valence-electron chi connectivity index (χ0n) is 13.0. The summed E-state index contributed by atoms with van der Waals surface area (Å²) in [4.78, 5) is 36.7. The van der Waals surface area contributed by atoms with Crippen LogP contribution in [0.1, 0.15) is 26.3 Å². The van der Waals surface area contributed by atoms with E-state index in [-0.39, 0.29) is 6.42 Å². The summed E-state index contributed by atoms with van der Waals surface area (Å²) in [5.74, 6) is -1.77. The van der Waals surface area contributed by atoms with E-state index in [0.717, 1.165) is 0 Å². The number of aromatic nitrogens is 1. The number of nitrogens with one attached hydrogen (secondary N) is 2. The fourth-order valence-electron chi connectivity index (χ4n) is 2.01. The number of rotatable bonds is 4. The van der Waals surface area contributed by atoms with Crippen LogP contribution in [0.25, 0.3) is 11.1 Å². The largest absolute Gasteiger partial charge is 0.480 e. The van der Waals surface area contributed by atoms with E-state index in [4.69, 9.17) is 9.15 Å². The minimum absolute atomic E-state index is 0.0394. The molecule has 0 saturated carbocycles. The second-order valence-corrected chi connectivity index (χ2v) is 6.09. The predicted molar refractivity (Wildman–Crippen MR) is 81.3 cm³/mol. The van der Waals surface area contributed by atoms with Gasteiger partial charge >= 0.3 is 17.8 Å². The predicted octanol–water partition coefficient (Wildman–Crippen LogP) is 1.64. The topological polar surface area (TPSA) is 122 Å². The Hall–Kier alpha value is -2.77. The van der Waals surface area contributed by atoms with Crippen molar-refractivity contribution in [2.75, 3.05) is 0 Å². The van der Waals surface area contributed by atoms with Gasteiger partial charge in [0.05, 0.1) is 5.52 Å². The highest BCUT2D eigenvalue weighted by Gasteiger charge is 2.24. The third kappa shape index (κ3) is 4.60. The van der Waals surface area contributed by atoms with E-state index in [2.05, 4.69) is 10.3 Å². The average molecular weight is 322 g/mol. The van der Waals surface area contributed by atoms with Crippen LogP contribution in [0.15, 0.2) is 27.4 Å². The fraction of sp³-hybridized carbons (Fsp3) is 0.400. The fourth-order valence-corrected chi connectivity index (χ4v) is 2.01. The van der Waals surface area contributed by atoms with Crippen molar-refractivity contribution < 1.29 is 23.8 Å². The van der Waals surface area contributed by atoms with Gasteiger partial charge in [-0.25, -0.2) is 14.4 Å². The molecule has 2 rings (SSSR count). The molecule has 124 valence electrons. The molecule has 0 fully saturated rings. The van der Waals surface area contributed by atoms with Crippen molar-refractivity contribution in [1.29, 1.82) is 0 Å². The summed E-state index contributed by atoms with van der Waals surface area (Å²) >= 11 is 0. The van der Waals surface area contributed by atoms with Crippen LogP contribution >= 0.6 is 0 Å². The quantitative estimate of drug-likeness (QED) is 0.786. The normalized spacial score (nSPS) is 12.8. The first-order valence-corrected chi connectivity index (χ1v) is 6.98. The molecule has 8 heteroatoms. The van der Waals surface area contributed by atoms with Crippen molar-refractivity contribution >= 4 is 23.2 Å². The molecule has 0 aliphatic rings. The number of carbonyl (C=O) groups excluding carboxylic acids is 1. The molecule has 0 saturated heterocycles. The lowest BCUT2D eigenvalue weighted by Crippen LogP contribution is -2.44. The first-order chi connectivity index (χ1) is 10.6. The van der Waals surface area contributed by atoms with Crippen molar-refractivity contribution in [2.24, 2.45) is 0 Å². The number of aliphatic carboxylic acids is 1. The highest BCUT2D eigenvalue weighted by Crippen LogP contribution is 2.14. The molecule has 23 heavy (non-hydrogen) atoms. The first-order valence-electron chi connectivity index (χ1n) is 6.98. The molecule has 0 aliphatic heterocycles. The Labute approximate surface area is 131 Å². The summed E-state index contributed by atoms with van der Waals surface area (Å²) in [6.07, 6.45) is -0.764. The van der Waals surface area contributed by atoms with Gasteiger partial charge in [-0.2, -0.15) is 0 Å². The van der Waals surface area contributed by atoms with Crippen LogP contribution in [0.4, 0.5) is 4.79 Å². The Morgan fingerprint density at radius 1 is 1.39 bits per heavy atom. The van der Waals surface area contributed by atoms with Gasteiger partial charge < -0.3 is 19.6 Å². The van der Waals surface area contributed by atoms with Crippen molar-refractivity contribution in [3.8, 4) is 0 Å². The van der Waals surface area contributed by atoms with Crippen LogP contribution in [0.2, 0.25) is 0 Å². The van der Waals surface area contributed by atoms with Gasteiger partial charge in [0.25, 0.3) is 0 Å². The summed E-state index contributed by atoms with van der Waals surface area (Å²) in [6, 6.07) is 3.65. The highest BCUT2D eigenvalue weighted by atomic mass is 16.6. The number of alkyl carbamates (subject to hydrolysis) is 1. The second kappa shape index (κ2) is 6.15. The maximum absolute atomic E-state index is 11.7. The van der Waals surface area contributed by atoms with E-state index in [1.807, 2.05) is 0 Å². The van der Waals surface area contributed by atoms with Crippen molar-refractivity contribution in [1.82, 2.24) is 10.3 Å². The Kier molecular flexibility index (Phi) is 4.44. The Bertz CT molecular complexity index is 783. The van der Waals surface area contributed by atoms with Crippen LogP contribution in [0.3, 0.4) is 0 Å². The van der Waals surface area contributed by atoms with E-state index in [0.29, 0.717) is 16.7 Å². The number of hydrogen-bond donors (Lipinski definition) is 3. The maximum atomic E-state index is 11.7. The second-order valence-electron chi connectivity index (χ2n) is 6.09. The van der Waals surface area contributed by atoms with Gasteiger partial charge in [0.1, 0.15) is 11.6 Å². The lowest BCUT2D eigenvalue weighted by Gasteiger charge is -2.22. The van der Waals surface area contributed by atoms with E-state index in [1.54, 1.807) is 39.0 Å². The van der Waals surface area contributed by atoms with Crippen LogP contribution in [0, 0.1) is 0 Å². The average Bonchev–Trinajstić information content (AvgIpc) is 2.74. The molecule has 8 nitrogen and oxygen atoms in total. The minimum Gasteiger partial charge on any atom is -0.480 e. The number of carbonyl (C=O) groups is 2. The molecule has 0 spiro atoms. The van der Waals surface area contributed by atoms with E-state index in [9.17, 15) is 19.5 Å². The zero-order valence-corrected chi connectivity index (χ0v) is 13.0. The monoisotopic (exact) mass is 322 g/mol. The Balaban J connectivity index is 2.13. The lowest BCUT2D eigenvalue weighted by molar-refractivity contribution is -0.139. The highest BCUT2D eigenvalue weighted by molar-refractivity contribution is 5.80. The number of fused-ring (bicyclic) bond motifs is 1. The molecule has 0 aliphatic carbocycles. The maximum Gasteiger partial charge on any atom is 0.417 e. The van der Waals surface area contributed by atoms with Crippen molar-refractivity contribution in [3.05, 3.63) is 34.3 Å². The number of carboxylic acids is 1. The molecule has 1 amide bonds. The van der Waals surface area contributed by atoms with Gasteiger partial charge in [-0.1, -0.05) is 6.07 Å². The van der Waals surface area contributed by atoms with Crippen molar-refractivity contribution in [3.63, 3.8) is 0 Å². The van der Waals surface area contributed by atoms with Crippen LogP contribution in [0.5, 0.6) is 0 Å². The number of ether oxygens (including phenoxy) is 1. The Morgan fingerprint density at radius 2 is 2.09 bits per heavy atom. The molecule has 2 aromatic rings. The number of amides is 1. The molecule has 0 bridgehead atoms. The van der Waals surface area contributed by atoms with Gasteiger partial charge in [0, 0.05) is 6.42 Å². The number of H-pyrrole nitrogens is 1. The van der Waals surface area contributed by atoms with E-state index >= 15 is 0 Å². The molecule has 0 radical (unpaired) electrons. The summed E-state index contributed by atoms with van der Waals surface area (Å²) < 4.78 is 9.93.